The summed E-state index contributed by atoms with van der Waals surface area (Å²) in [6.07, 6.45) is 1.67. The van der Waals surface area contributed by atoms with Crippen molar-refractivity contribution >= 4 is 47.2 Å². The molecule has 0 saturated carbocycles. The summed E-state index contributed by atoms with van der Waals surface area (Å²) in [5.41, 5.74) is 1.08. The highest BCUT2D eigenvalue weighted by molar-refractivity contribution is 8.03. The van der Waals surface area contributed by atoms with Gasteiger partial charge in [-0.3, -0.25) is 0 Å². The van der Waals surface area contributed by atoms with Gasteiger partial charge in [-0.1, -0.05) is 43.5 Å². The number of fused-ring (bicyclic) bond motifs is 1. The normalized spacial score (nSPS) is 13.6. The van der Waals surface area contributed by atoms with E-state index in [2.05, 4.69) is 37.8 Å². The van der Waals surface area contributed by atoms with Gasteiger partial charge in [-0.15, -0.1) is 11.3 Å². The van der Waals surface area contributed by atoms with Crippen LogP contribution < -0.4 is 0 Å². The van der Waals surface area contributed by atoms with Crippen LogP contribution in [0.15, 0.2) is 28.6 Å². The molecule has 0 aliphatic carbocycles. The van der Waals surface area contributed by atoms with E-state index in [0.29, 0.717) is 11.3 Å². The second kappa shape index (κ2) is 6.41. The third kappa shape index (κ3) is 4.17. The van der Waals surface area contributed by atoms with Crippen molar-refractivity contribution in [2.24, 2.45) is 0 Å². The van der Waals surface area contributed by atoms with Crippen LogP contribution in [-0.4, -0.2) is 23.7 Å². The van der Waals surface area contributed by atoms with Crippen LogP contribution in [0.1, 0.15) is 19.8 Å². The minimum Gasteiger partial charge on any atom is -0.300 e. The number of carbonyl (C=O) groups is 1. The maximum atomic E-state index is 11.3. The van der Waals surface area contributed by atoms with E-state index in [4.69, 9.17) is 4.98 Å². The highest BCUT2D eigenvalue weighted by atomic mass is 32.2. The Labute approximate surface area is 130 Å². The number of hydrogen-bond acceptors (Lipinski definition) is 4. The van der Waals surface area contributed by atoms with Gasteiger partial charge in [0, 0.05) is 11.3 Å². The first kappa shape index (κ1) is 15.7. The first-order valence-electron chi connectivity index (χ1n) is 6.88. The molecule has 0 fully saturated rings. The van der Waals surface area contributed by atoms with Crippen molar-refractivity contribution in [3.63, 3.8) is 0 Å². The molecule has 0 aliphatic heterocycles. The largest absolute Gasteiger partial charge is 0.300 e. The molecule has 0 aliphatic rings. The number of hydrogen-bond donors (Lipinski definition) is 0. The van der Waals surface area contributed by atoms with Gasteiger partial charge < -0.3 is 4.79 Å². The number of para-hydroxylation sites is 1. The van der Waals surface area contributed by atoms with E-state index in [1.165, 1.54) is 4.70 Å². The molecule has 0 spiro atoms. The van der Waals surface area contributed by atoms with Crippen molar-refractivity contribution < 1.29 is 4.79 Å². The molecule has 2 aromatic rings. The first-order valence-corrected chi connectivity index (χ1v) is 12.2. The van der Waals surface area contributed by atoms with Gasteiger partial charge in [0.2, 0.25) is 0 Å². The number of Topliss-reactive ketones (excluding diaryl/α,β-unsaturated/α-hetero) is 1. The molecule has 2 nitrogen and oxygen atoms in total. The Hall–Kier alpha value is -0.653. The van der Waals surface area contributed by atoms with E-state index in [1.807, 2.05) is 17.8 Å². The number of ketones is 1. The SMILES string of the molecule is CC(=O)CCC(Sc1nc2ccccc2s1)[Si](C)(C)C. The maximum Gasteiger partial charge on any atom is 0.151 e. The zero-order valence-electron chi connectivity index (χ0n) is 12.5. The summed E-state index contributed by atoms with van der Waals surface area (Å²) in [6.45, 7) is 8.80. The van der Waals surface area contributed by atoms with Crippen LogP contribution in [0.4, 0.5) is 0 Å². The molecule has 0 saturated heterocycles. The lowest BCUT2D eigenvalue weighted by molar-refractivity contribution is -0.117. The second-order valence-electron chi connectivity index (χ2n) is 6.16. The van der Waals surface area contributed by atoms with E-state index < -0.39 is 8.07 Å². The Balaban J connectivity index is 2.16. The van der Waals surface area contributed by atoms with Crippen LogP contribution in [-0.2, 0) is 4.79 Å². The van der Waals surface area contributed by atoms with Crippen molar-refractivity contribution in [1.29, 1.82) is 0 Å². The number of carbonyl (C=O) groups excluding carboxylic acids is 1. The molecule has 2 rings (SSSR count). The van der Waals surface area contributed by atoms with Crippen molar-refractivity contribution in [2.45, 2.75) is 48.6 Å². The predicted molar refractivity (Wildman–Crippen MR) is 92.5 cm³/mol. The molecular formula is C15H21NOS2Si. The third-order valence-electron chi connectivity index (χ3n) is 3.24. The summed E-state index contributed by atoms with van der Waals surface area (Å²) in [5, 5.41) is 0. The number of nitrogens with zero attached hydrogens (tertiary/aromatic N) is 1. The van der Waals surface area contributed by atoms with Crippen molar-refractivity contribution in [3.8, 4) is 0 Å². The summed E-state index contributed by atoms with van der Waals surface area (Å²) in [6, 6.07) is 8.27. The Morgan fingerprint density at radius 2 is 2.05 bits per heavy atom. The van der Waals surface area contributed by atoms with Crippen molar-refractivity contribution in [3.05, 3.63) is 24.3 Å². The topological polar surface area (TPSA) is 30.0 Å². The molecule has 20 heavy (non-hydrogen) atoms. The number of thiazole rings is 1. The highest BCUT2D eigenvalue weighted by Crippen LogP contribution is 2.37. The van der Waals surface area contributed by atoms with Crippen molar-refractivity contribution in [1.82, 2.24) is 4.98 Å². The zero-order chi connectivity index (χ0) is 14.8. The van der Waals surface area contributed by atoms with Crippen LogP contribution in [0, 0.1) is 0 Å². The van der Waals surface area contributed by atoms with Gasteiger partial charge in [-0.05, 0) is 25.5 Å². The fraction of sp³-hybridized carbons (Fsp3) is 0.467. The average Bonchev–Trinajstić information content (AvgIpc) is 2.75. The Morgan fingerprint density at radius 3 is 2.65 bits per heavy atom. The molecule has 1 heterocycles. The van der Waals surface area contributed by atoms with Crippen LogP contribution >= 0.6 is 23.1 Å². The second-order valence-corrected chi connectivity index (χ2v) is 14.5. The van der Waals surface area contributed by atoms with Gasteiger partial charge in [-0.25, -0.2) is 4.98 Å². The summed E-state index contributed by atoms with van der Waals surface area (Å²) in [5.74, 6) is 0.290. The summed E-state index contributed by atoms with van der Waals surface area (Å²) in [4.78, 5) is 16.5. The van der Waals surface area contributed by atoms with E-state index >= 15 is 0 Å². The predicted octanol–water partition coefficient (Wildman–Crippen LogP) is 5.00. The smallest absolute Gasteiger partial charge is 0.151 e. The minimum atomic E-state index is -1.31. The first-order chi connectivity index (χ1) is 9.36. The molecule has 1 aromatic carbocycles. The van der Waals surface area contributed by atoms with Gasteiger partial charge in [0.1, 0.15) is 5.78 Å². The molecule has 0 amide bonds. The molecule has 0 radical (unpaired) electrons. The lowest BCUT2D eigenvalue weighted by Crippen LogP contribution is -2.36. The molecule has 1 aromatic heterocycles. The monoisotopic (exact) mass is 323 g/mol. The van der Waals surface area contributed by atoms with Gasteiger partial charge >= 0.3 is 0 Å². The quantitative estimate of drug-likeness (QED) is 0.553. The summed E-state index contributed by atoms with van der Waals surface area (Å²) >= 11 is 3.65. The van der Waals surface area contributed by atoms with Gasteiger partial charge in [0.15, 0.2) is 4.34 Å². The third-order valence-corrected chi connectivity index (χ3v) is 10.1. The van der Waals surface area contributed by atoms with E-state index in [1.54, 1.807) is 18.3 Å². The lowest BCUT2D eigenvalue weighted by atomic mass is 10.2. The fourth-order valence-electron chi connectivity index (χ4n) is 2.03. The molecule has 5 heteroatoms. The van der Waals surface area contributed by atoms with Gasteiger partial charge in [0.25, 0.3) is 0 Å². The van der Waals surface area contributed by atoms with Crippen LogP contribution in [0.3, 0.4) is 0 Å². The number of aromatic nitrogens is 1. The van der Waals surface area contributed by atoms with Crippen LogP contribution in [0.5, 0.6) is 0 Å². The summed E-state index contributed by atoms with van der Waals surface area (Å²) in [7, 11) is -1.31. The van der Waals surface area contributed by atoms with Crippen LogP contribution in [0.2, 0.25) is 19.6 Å². The average molecular weight is 324 g/mol. The molecular weight excluding hydrogens is 302 g/mol. The summed E-state index contributed by atoms with van der Waals surface area (Å²) < 4.78 is 2.39. The molecule has 108 valence electrons. The lowest BCUT2D eigenvalue weighted by Gasteiger charge is -2.27. The molecule has 0 N–H and O–H groups in total. The Kier molecular flexibility index (Phi) is 5.04. The Bertz CT molecular complexity index is 570. The maximum absolute atomic E-state index is 11.3. The fourth-order valence-corrected chi connectivity index (χ4v) is 7.18. The molecule has 1 unspecified atom stereocenters. The molecule has 1 atom stereocenters. The van der Waals surface area contributed by atoms with Crippen LogP contribution in [0.25, 0.3) is 10.2 Å². The zero-order valence-corrected chi connectivity index (χ0v) is 15.1. The Morgan fingerprint density at radius 1 is 1.35 bits per heavy atom. The van der Waals surface area contributed by atoms with Crippen molar-refractivity contribution in [2.75, 3.05) is 0 Å². The number of benzene rings is 1. The number of rotatable bonds is 6. The van der Waals surface area contributed by atoms with E-state index in [-0.39, 0.29) is 5.78 Å². The van der Waals surface area contributed by atoms with Gasteiger partial charge in [-0.2, -0.15) is 0 Å². The van der Waals surface area contributed by atoms with Gasteiger partial charge in [0.05, 0.1) is 18.3 Å². The van der Waals surface area contributed by atoms with E-state index in [0.717, 1.165) is 16.3 Å². The highest BCUT2D eigenvalue weighted by Gasteiger charge is 2.28. The standard InChI is InChI=1S/C15H21NOS2Si/c1-11(17)9-10-14(20(2,3)4)19-15-16-12-7-5-6-8-13(12)18-15/h5-8,14H,9-10H2,1-4H3. The number of thioether (sulfide) groups is 1. The minimum absolute atomic E-state index is 0.290. The van der Waals surface area contributed by atoms with E-state index in [9.17, 15) is 4.79 Å². The molecule has 0 bridgehead atoms.